The number of hydrogen-bond acceptors (Lipinski definition) is 5. The molecule has 0 aliphatic carbocycles. The van der Waals surface area contributed by atoms with Gasteiger partial charge in [0, 0.05) is 38.3 Å². The highest BCUT2D eigenvalue weighted by Crippen LogP contribution is 2.27. The van der Waals surface area contributed by atoms with Gasteiger partial charge in [0.2, 0.25) is 5.91 Å². The Morgan fingerprint density at radius 3 is 2.84 bits per heavy atom. The van der Waals surface area contributed by atoms with E-state index in [4.69, 9.17) is 10.5 Å². The van der Waals surface area contributed by atoms with Crippen molar-refractivity contribution < 1.29 is 9.53 Å². The van der Waals surface area contributed by atoms with E-state index in [1.54, 1.807) is 0 Å². The molecule has 2 heterocycles. The van der Waals surface area contributed by atoms with Crippen molar-refractivity contribution >= 4 is 5.91 Å². The van der Waals surface area contributed by atoms with E-state index < -0.39 is 5.41 Å². The van der Waals surface area contributed by atoms with Crippen LogP contribution in [0.15, 0.2) is 0 Å². The SMILES string of the molecule is CN1CCN(C)C(CNC(=O)C2(C)COCC2N)C1. The minimum Gasteiger partial charge on any atom is -0.379 e. The highest BCUT2D eigenvalue weighted by Gasteiger charge is 2.44. The van der Waals surface area contributed by atoms with Gasteiger partial charge in [0.25, 0.3) is 0 Å². The van der Waals surface area contributed by atoms with Crippen molar-refractivity contribution in [3.8, 4) is 0 Å². The van der Waals surface area contributed by atoms with Crippen molar-refractivity contribution in [2.24, 2.45) is 11.1 Å². The van der Waals surface area contributed by atoms with E-state index in [9.17, 15) is 4.79 Å². The smallest absolute Gasteiger partial charge is 0.229 e. The van der Waals surface area contributed by atoms with Crippen LogP contribution >= 0.6 is 0 Å². The number of rotatable bonds is 3. The van der Waals surface area contributed by atoms with Crippen LogP contribution in [0.2, 0.25) is 0 Å². The third-order valence-electron chi connectivity index (χ3n) is 4.51. The van der Waals surface area contributed by atoms with Gasteiger partial charge in [-0.1, -0.05) is 0 Å². The maximum absolute atomic E-state index is 12.3. The van der Waals surface area contributed by atoms with Crippen molar-refractivity contribution in [3.05, 3.63) is 0 Å². The Morgan fingerprint density at radius 1 is 1.47 bits per heavy atom. The molecule has 3 atom stereocenters. The standard InChI is InChI=1S/C13H26N4O2/c1-13(9-19-8-11(13)14)12(18)15-6-10-7-16(2)4-5-17(10)3/h10-11H,4-9,14H2,1-3H3,(H,15,18). The van der Waals surface area contributed by atoms with Gasteiger partial charge in [-0.25, -0.2) is 0 Å². The summed E-state index contributed by atoms with van der Waals surface area (Å²) in [6.07, 6.45) is 0. The largest absolute Gasteiger partial charge is 0.379 e. The molecule has 0 saturated carbocycles. The van der Waals surface area contributed by atoms with Gasteiger partial charge in [-0.3, -0.25) is 9.69 Å². The van der Waals surface area contributed by atoms with Crippen LogP contribution in [0.5, 0.6) is 0 Å². The van der Waals surface area contributed by atoms with Crippen LogP contribution in [0, 0.1) is 5.41 Å². The van der Waals surface area contributed by atoms with Crippen LogP contribution in [-0.2, 0) is 9.53 Å². The number of nitrogens with one attached hydrogen (secondary N) is 1. The highest BCUT2D eigenvalue weighted by atomic mass is 16.5. The minimum absolute atomic E-state index is 0.0131. The molecule has 2 saturated heterocycles. The van der Waals surface area contributed by atoms with Crippen molar-refractivity contribution in [1.82, 2.24) is 15.1 Å². The molecular weight excluding hydrogens is 244 g/mol. The number of hydrogen-bond donors (Lipinski definition) is 2. The van der Waals surface area contributed by atoms with Crippen LogP contribution in [0.1, 0.15) is 6.92 Å². The van der Waals surface area contributed by atoms with Gasteiger partial charge >= 0.3 is 0 Å². The molecule has 19 heavy (non-hydrogen) atoms. The fourth-order valence-corrected chi connectivity index (χ4v) is 2.66. The van der Waals surface area contributed by atoms with E-state index in [0.29, 0.717) is 25.8 Å². The van der Waals surface area contributed by atoms with E-state index in [1.165, 1.54) is 0 Å². The Morgan fingerprint density at radius 2 is 2.21 bits per heavy atom. The lowest BCUT2D eigenvalue weighted by Crippen LogP contribution is -2.57. The Bertz CT molecular complexity index is 339. The molecule has 110 valence electrons. The zero-order valence-corrected chi connectivity index (χ0v) is 12.2. The molecule has 0 aromatic heterocycles. The number of piperazine rings is 1. The van der Waals surface area contributed by atoms with E-state index in [0.717, 1.165) is 19.6 Å². The summed E-state index contributed by atoms with van der Waals surface area (Å²) in [4.78, 5) is 16.9. The van der Waals surface area contributed by atoms with Crippen LogP contribution in [0.25, 0.3) is 0 Å². The number of nitrogens with zero attached hydrogens (tertiary/aromatic N) is 2. The molecule has 2 rings (SSSR count). The Labute approximate surface area is 115 Å². The van der Waals surface area contributed by atoms with Crippen molar-refractivity contribution in [2.45, 2.75) is 19.0 Å². The second-order valence-electron chi connectivity index (χ2n) is 6.15. The topological polar surface area (TPSA) is 70.8 Å². The summed E-state index contributed by atoms with van der Waals surface area (Å²) in [5.74, 6) is 0.0131. The maximum Gasteiger partial charge on any atom is 0.229 e. The molecular formula is C13H26N4O2. The zero-order chi connectivity index (χ0) is 14.0. The number of ether oxygens (including phenoxy) is 1. The summed E-state index contributed by atoms with van der Waals surface area (Å²) in [5.41, 5.74) is 5.38. The molecule has 0 aromatic rings. The molecule has 2 aliphatic heterocycles. The van der Waals surface area contributed by atoms with E-state index >= 15 is 0 Å². The molecule has 6 heteroatoms. The molecule has 0 radical (unpaired) electrons. The Hall–Kier alpha value is -0.690. The van der Waals surface area contributed by atoms with E-state index in [-0.39, 0.29) is 11.9 Å². The number of amides is 1. The molecule has 1 amide bonds. The fourth-order valence-electron chi connectivity index (χ4n) is 2.66. The third-order valence-corrected chi connectivity index (χ3v) is 4.51. The molecule has 2 aliphatic rings. The first-order valence-corrected chi connectivity index (χ1v) is 6.94. The monoisotopic (exact) mass is 270 g/mol. The quantitative estimate of drug-likeness (QED) is 0.668. The molecule has 0 aromatic carbocycles. The first-order chi connectivity index (χ1) is 8.93. The van der Waals surface area contributed by atoms with Gasteiger partial charge < -0.3 is 20.7 Å². The van der Waals surface area contributed by atoms with Gasteiger partial charge in [0.05, 0.1) is 18.6 Å². The van der Waals surface area contributed by atoms with E-state index in [2.05, 4.69) is 29.2 Å². The van der Waals surface area contributed by atoms with Gasteiger partial charge in [0.15, 0.2) is 0 Å². The summed E-state index contributed by atoms with van der Waals surface area (Å²) in [6, 6.07) is 0.157. The number of carbonyl (C=O) groups is 1. The molecule has 3 unspecified atom stereocenters. The number of nitrogens with two attached hydrogens (primary N) is 1. The van der Waals surface area contributed by atoms with Gasteiger partial charge in [-0.05, 0) is 21.0 Å². The first-order valence-electron chi connectivity index (χ1n) is 6.94. The average Bonchev–Trinajstić information content (AvgIpc) is 2.71. The van der Waals surface area contributed by atoms with Crippen LogP contribution in [-0.4, -0.2) is 81.3 Å². The summed E-state index contributed by atoms with van der Waals surface area (Å²) in [7, 11) is 4.22. The Kier molecular flexibility index (Phi) is 4.45. The third kappa shape index (κ3) is 3.08. The lowest BCUT2D eigenvalue weighted by molar-refractivity contribution is -0.131. The van der Waals surface area contributed by atoms with Crippen LogP contribution in [0.3, 0.4) is 0 Å². The predicted octanol–water partition coefficient (Wildman–Crippen LogP) is -1.29. The zero-order valence-electron chi connectivity index (χ0n) is 12.2. The van der Waals surface area contributed by atoms with Gasteiger partial charge in [0.1, 0.15) is 0 Å². The lowest BCUT2D eigenvalue weighted by Gasteiger charge is -2.38. The lowest BCUT2D eigenvalue weighted by atomic mass is 9.85. The first kappa shape index (κ1) is 14.7. The average molecular weight is 270 g/mol. The minimum atomic E-state index is -0.584. The summed E-state index contributed by atoms with van der Waals surface area (Å²) >= 11 is 0. The molecule has 3 N–H and O–H groups in total. The molecule has 6 nitrogen and oxygen atoms in total. The summed E-state index contributed by atoms with van der Waals surface area (Å²) in [5, 5.41) is 3.05. The highest BCUT2D eigenvalue weighted by molar-refractivity contribution is 5.83. The molecule has 2 fully saturated rings. The summed E-state index contributed by atoms with van der Waals surface area (Å²) < 4.78 is 5.32. The van der Waals surface area contributed by atoms with Crippen molar-refractivity contribution in [2.75, 3.05) is 53.5 Å². The summed E-state index contributed by atoms with van der Waals surface area (Å²) in [6.45, 7) is 6.54. The predicted molar refractivity (Wildman–Crippen MR) is 73.8 cm³/mol. The second-order valence-corrected chi connectivity index (χ2v) is 6.15. The van der Waals surface area contributed by atoms with Gasteiger partial charge in [-0.15, -0.1) is 0 Å². The normalized spacial score (nSPS) is 37.5. The fraction of sp³-hybridized carbons (Fsp3) is 0.923. The number of likely N-dealkylation sites (N-methyl/N-ethyl adjacent to an activating group) is 2. The van der Waals surface area contributed by atoms with Crippen molar-refractivity contribution in [1.29, 1.82) is 0 Å². The Balaban J connectivity index is 1.86. The van der Waals surface area contributed by atoms with Gasteiger partial charge in [-0.2, -0.15) is 0 Å². The maximum atomic E-state index is 12.3. The van der Waals surface area contributed by atoms with E-state index in [1.807, 2.05) is 6.92 Å². The second kappa shape index (κ2) is 5.75. The van der Waals surface area contributed by atoms with Crippen LogP contribution in [0.4, 0.5) is 0 Å². The molecule has 0 spiro atoms. The molecule has 0 bridgehead atoms. The van der Waals surface area contributed by atoms with Crippen molar-refractivity contribution in [3.63, 3.8) is 0 Å². The van der Waals surface area contributed by atoms with Crippen LogP contribution < -0.4 is 11.1 Å². The number of carbonyl (C=O) groups excluding carboxylic acids is 1.